The Hall–Kier alpha value is -3.61. The molecule has 0 bridgehead atoms. The highest BCUT2D eigenvalue weighted by molar-refractivity contribution is 7.99. The van der Waals surface area contributed by atoms with E-state index in [1.165, 1.54) is 0 Å². The van der Waals surface area contributed by atoms with Crippen LogP contribution in [0.1, 0.15) is 31.8 Å². The number of halogens is 1. The minimum absolute atomic E-state index is 0.127. The van der Waals surface area contributed by atoms with Crippen LogP contribution in [0.3, 0.4) is 0 Å². The molecule has 2 amide bonds. The van der Waals surface area contributed by atoms with Crippen LogP contribution in [0.5, 0.6) is 0 Å². The molecular weight excluding hydrogens is 466 g/mol. The Morgan fingerprint density at radius 1 is 1.00 bits per heavy atom. The highest BCUT2D eigenvalue weighted by Crippen LogP contribution is 2.40. The quantitative estimate of drug-likeness (QED) is 0.355. The van der Waals surface area contributed by atoms with Crippen molar-refractivity contribution in [1.82, 2.24) is 4.98 Å². The molecular formula is C27H20ClN3O2S. The van der Waals surface area contributed by atoms with Crippen LogP contribution in [0.4, 0.5) is 11.4 Å². The number of aryl methyl sites for hydroxylation is 1. The first-order valence-corrected chi connectivity index (χ1v) is 11.9. The Morgan fingerprint density at radius 2 is 1.79 bits per heavy atom. The molecule has 1 aromatic heterocycles. The summed E-state index contributed by atoms with van der Waals surface area (Å²) in [6, 6.07) is 23.9. The van der Waals surface area contributed by atoms with E-state index in [1.54, 1.807) is 65.3 Å². The number of aromatic nitrogens is 1. The summed E-state index contributed by atoms with van der Waals surface area (Å²) in [5.74, 6) is -0.354. The third-order valence-corrected chi connectivity index (χ3v) is 6.98. The van der Waals surface area contributed by atoms with E-state index < -0.39 is 0 Å². The van der Waals surface area contributed by atoms with Gasteiger partial charge < -0.3 is 10.2 Å². The molecule has 0 atom stereocenters. The van der Waals surface area contributed by atoms with Gasteiger partial charge in [-0.2, -0.15) is 0 Å². The summed E-state index contributed by atoms with van der Waals surface area (Å²) in [5, 5.41) is 4.26. The molecule has 5 nitrogen and oxygen atoms in total. The third kappa shape index (κ3) is 4.42. The van der Waals surface area contributed by atoms with Gasteiger partial charge in [-0.25, -0.2) is 4.98 Å². The Balaban J connectivity index is 1.39. The maximum Gasteiger partial charge on any atom is 0.258 e. The maximum atomic E-state index is 13.5. The van der Waals surface area contributed by atoms with E-state index in [2.05, 4.69) is 10.3 Å². The molecule has 34 heavy (non-hydrogen) atoms. The van der Waals surface area contributed by atoms with Gasteiger partial charge in [0.2, 0.25) is 0 Å². The molecule has 4 aromatic rings. The molecule has 5 rings (SSSR count). The lowest BCUT2D eigenvalue weighted by molar-refractivity contribution is 0.0983. The van der Waals surface area contributed by atoms with Crippen molar-refractivity contribution in [3.63, 3.8) is 0 Å². The maximum absolute atomic E-state index is 13.5. The Bertz CT molecular complexity index is 1410. The number of nitrogens with one attached hydrogen (secondary N) is 1. The lowest BCUT2D eigenvalue weighted by Gasteiger charge is -2.22. The van der Waals surface area contributed by atoms with E-state index in [1.807, 2.05) is 43.3 Å². The number of nitrogens with zero attached hydrogens (tertiary/aromatic N) is 2. The second-order valence-electron chi connectivity index (χ2n) is 7.92. The van der Waals surface area contributed by atoms with Crippen molar-refractivity contribution in [2.24, 2.45) is 0 Å². The number of carbonyl (C=O) groups is 2. The van der Waals surface area contributed by atoms with Crippen LogP contribution in [0.2, 0.25) is 5.02 Å². The molecule has 1 aliphatic rings. The topological polar surface area (TPSA) is 62.3 Å². The number of hydrogen-bond donors (Lipinski definition) is 1. The van der Waals surface area contributed by atoms with Gasteiger partial charge in [-0.05, 0) is 78.7 Å². The first-order valence-electron chi connectivity index (χ1n) is 10.7. The SMILES string of the molecule is Cc1cc(Cl)ccc1C(=O)Nc1ccc(C(=O)N2Cc3ccccc3Sc3ncccc32)cc1. The van der Waals surface area contributed by atoms with Crippen molar-refractivity contribution in [2.75, 3.05) is 10.2 Å². The van der Waals surface area contributed by atoms with Crippen molar-refractivity contribution in [3.8, 4) is 0 Å². The summed E-state index contributed by atoms with van der Waals surface area (Å²) in [6.45, 7) is 2.29. The van der Waals surface area contributed by atoms with Crippen LogP contribution in [0.25, 0.3) is 0 Å². The number of anilines is 2. The molecule has 168 valence electrons. The van der Waals surface area contributed by atoms with Crippen LogP contribution in [-0.2, 0) is 6.54 Å². The average Bonchev–Trinajstić information content (AvgIpc) is 3.01. The lowest BCUT2D eigenvalue weighted by Crippen LogP contribution is -2.30. The first kappa shape index (κ1) is 22.2. The van der Waals surface area contributed by atoms with Crippen molar-refractivity contribution >= 4 is 46.6 Å². The summed E-state index contributed by atoms with van der Waals surface area (Å²) < 4.78 is 0. The van der Waals surface area contributed by atoms with E-state index in [0.717, 1.165) is 26.7 Å². The molecule has 0 saturated heterocycles. The van der Waals surface area contributed by atoms with E-state index in [4.69, 9.17) is 11.6 Å². The van der Waals surface area contributed by atoms with Crippen LogP contribution in [0, 0.1) is 6.92 Å². The van der Waals surface area contributed by atoms with Gasteiger partial charge in [0.25, 0.3) is 11.8 Å². The van der Waals surface area contributed by atoms with Crippen molar-refractivity contribution < 1.29 is 9.59 Å². The van der Waals surface area contributed by atoms with E-state index in [-0.39, 0.29) is 11.8 Å². The zero-order valence-corrected chi connectivity index (χ0v) is 19.9. The number of carbonyl (C=O) groups excluding carboxylic acids is 2. The van der Waals surface area contributed by atoms with Crippen molar-refractivity contribution in [3.05, 3.63) is 112 Å². The molecule has 0 radical (unpaired) electrons. The predicted molar refractivity (Wildman–Crippen MR) is 136 cm³/mol. The monoisotopic (exact) mass is 485 g/mol. The highest BCUT2D eigenvalue weighted by atomic mass is 35.5. The number of benzene rings is 3. The summed E-state index contributed by atoms with van der Waals surface area (Å²) in [7, 11) is 0. The highest BCUT2D eigenvalue weighted by Gasteiger charge is 2.26. The number of hydrogen-bond acceptors (Lipinski definition) is 4. The molecule has 7 heteroatoms. The number of amides is 2. The molecule has 0 fully saturated rings. The normalized spacial score (nSPS) is 12.4. The second kappa shape index (κ2) is 9.33. The molecule has 3 aromatic carbocycles. The molecule has 1 N–H and O–H groups in total. The predicted octanol–water partition coefficient (Wildman–Crippen LogP) is 6.61. The van der Waals surface area contributed by atoms with E-state index in [9.17, 15) is 9.59 Å². The number of rotatable bonds is 3. The van der Waals surface area contributed by atoms with Gasteiger partial charge in [0.15, 0.2) is 0 Å². The summed E-state index contributed by atoms with van der Waals surface area (Å²) in [6.07, 6.45) is 1.74. The molecule has 0 saturated carbocycles. The Kier molecular flexibility index (Phi) is 6.09. The van der Waals surface area contributed by atoms with Gasteiger partial charge in [-0.1, -0.05) is 41.6 Å². The average molecular weight is 486 g/mol. The van der Waals surface area contributed by atoms with Gasteiger partial charge >= 0.3 is 0 Å². The van der Waals surface area contributed by atoms with Crippen LogP contribution < -0.4 is 10.2 Å². The molecule has 2 heterocycles. The van der Waals surface area contributed by atoms with Crippen LogP contribution in [0.15, 0.2) is 95.0 Å². The first-order chi connectivity index (χ1) is 16.5. The van der Waals surface area contributed by atoms with Gasteiger partial charge in [0.05, 0.1) is 12.2 Å². The lowest BCUT2D eigenvalue weighted by atomic mass is 10.1. The molecule has 0 aliphatic carbocycles. The van der Waals surface area contributed by atoms with Crippen molar-refractivity contribution in [2.45, 2.75) is 23.4 Å². The second-order valence-corrected chi connectivity index (χ2v) is 9.39. The van der Waals surface area contributed by atoms with Gasteiger partial charge in [0.1, 0.15) is 5.03 Å². The number of pyridine rings is 1. The van der Waals surface area contributed by atoms with Crippen LogP contribution in [-0.4, -0.2) is 16.8 Å². The van der Waals surface area contributed by atoms with E-state index >= 15 is 0 Å². The smallest absolute Gasteiger partial charge is 0.258 e. The summed E-state index contributed by atoms with van der Waals surface area (Å²) >= 11 is 7.56. The van der Waals surface area contributed by atoms with Gasteiger partial charge in [0, 0.05) is 32.9 Å². The Labute approximate surface area is 206 Å². The van der Waals surface area contributed by atoms with Gasteiger partial charge in [-0.15, -0.1) is 0 Å². The standard InChI is InChI=1S/C27H20ClN3O2S/c1-17-15-20(28)10-13-22(17)25(32)30-21-11-8-18(9-12-21)27(33)31-16-19-5-2-3-7-24(19)34-26-23(31)6-4-14-29-26/h2-15H,16H2,1H3,(H,30,32). The molecule has 0 unspecified atom stereocenters. The Morgan fingerprint density at radius 3 is 2.59 bits per heavy atom. The zero-order valence-electron chi connectivity index (χ0n) is 18.3. The largest absolute Gasteiger partial charge is 0.322 e. The molecule has 1 aliphatic heterocycles. The summed E-state index contributed by atoms with van der Waals surface area (Å²) in [5.41, 5.74) is 4.33. The zero-order chi connectivity index (χ0) is 23.7. The van der Waals surface area contributed by atoms with E-state index in [0.29, 0.717) is 28.4 Å². The fourth-order valence-corrected chi connectivity index (χ4v) is 5.12. The fourth-order valence-electron chi connectivity index (χ4n) is 3.87. The van der Waals surface area contributed by atoms with Gasteiger partial charge in [-0.3, -0.25) is 9.59 Å². The minimum Gasteiger partial charge on any atom is -0.322 e. The number of fused-ring (bicyclic) bond motifs is 2. The summed E-state index contributed by atoms with van der Waals surface area (Å²) in [4.78, 5) is 33.6. The minimum atomic E-state index is -0.227. The fraction of sp³-hybridized carbons (Fsp3) is 0.0741. The van der Waals surface area contributed by atoms with Crippen LogP contribution >= 0.6 is 23.4 Å². The van der Waals surface area contributed by atoms with Crippen molar-refractivity contribution in [1.29, 1.82) is 0 Å². The third-order valence-electron chi connectivity index (χ3n) is 5.62. The molecule has 0 spiro atoms.